The molecule has 2 N–H and O–H groups in total. The summed E-state index contributed by atoms with van der Waals surface area (Å²) in [6.45, 7) is 2.03. The zero-order chi connectivity index (χ0) is 21.6. The Hall–Kier alpha value is -1.41. The van der Waals surface area contributed by atoms with Crippen molar-refractivity contribution < 1.29 is 24.2 Å². The molecule has 0 bridgehead atoms. The van der Waals surface area contributed by atoms with Crippen LogP contribution in [0.4, 0.5) is 0 Å². The molecule has 1 fully saturated rings. The zero-order valence-corrected chi connectivity index (χ0v) is 18.7. The maximum absolute atomic E-state index is 12.3. The average molecular weight is 438 g/mol. The molecular formula is C23H35NO5S. The number of amides is 1. The molecule has 1 saturated heterocycles. The van der Waals surface area contributed by atoms with E-state index < -0.39 is 6.41 Å². The number of carbonyl (C=O) groups is 2. The molecule has 30 heavy (non-hydrogen) atoms. The van der Waals surface area contributed by atoms with Crippen LogP contribution in [0, 0.1) is 0 Å². The van der Waals surface area contributed by atoms with Crippen LogP contribution in [0.3, 0.4) is 0 Å². The molecule has 1 amide bonds. The summed E-state index contributed by atoms with van der Waals surface area (Å²) in [6.07, 6.45) is 5.01. The molecule has 1 aliphatic rings. The Morgan fingerprint density at radius 1 is 1.10 bits per heavy atom. The van der Waals surface area contributed by atoms with Crippen LogP contribution in [0.15, 0.2) is 30.3 Å². The highest BCUT2D eigenvalue weighted by molar-refractivity contribution is 7.99. The summed E-state index contributed by atoms with van der Waals surface area (Å²) in [5, 5.41) is 11.9. The molecule has 0 aromatic heterocycles. The molecule has 1 aromatic carbocycles. The third-order valence-corrected chi connectivity index (χ3v) is 6.15. The molecule has 1 aliphatic heterocycles. The molecule has 1 aromatic rings. The fourth-order valence-electron chi connectivity index (χ4n) is 3.38. The maximum Gasteiger partial charge on any atom is 0.240 e. The van der Waals surface area contributed by atoms with E-state index in [2.05, 4.69) is 5.32 Å². The molecule has 0 spiro atoms. The van der Waals surface area contributed by atoms with Gasteiger partial charge >= 0.3 is 0 Å². The number of hydrogen-bond donors (Lipinski definition) is 2. The summed E-state index contributed by atoms with van der Waals surface area (Å²) in [6, 6.07) is 9.97. The lowest BCUT2D eigenvalue weighted by Crippen LogP contribution is -2.46. The highest BCUT2D eigenvalue weighted by Gasteiger charge is 2.31. The third-order valence-electron chi connectivity index (χ3n) is 5.07. The van der Waals surface area contributed by atoms with Gasteiger partial charge in [0.1, 0.15) is 5.78 Å². The number of unbranched alkanes of at least 4 members (excludes halogenated alkanes) is 3. The SMILES string of the molecule is CCC(=O)CCCCCCC(=O)NC1OC(CSCCO)CC(c2ccccc2)O1. The number of rotatable bonds is 14. The van der Waals surface area contributed by atoms with Gasteiger partial charge in [-0.05, 0) is 18.4 Å². The summed E-state index contributed by atoms with van der Waals surface area (Å²) < 4.78 is 12.0. The van der Waals surface area contributed by atoms with E-state index in [4.69, 9.17) is 14.6 Å². The van der Waals surface area contributed by atoms with Crippen molar-refractivity contribution in [2.24, 2.45) is 0 Å². The van der Waals surface area contributed by atoms with E-state index in [0.717, 1.165) is 37.0 Å². The summed E-state index contributed by atoms with van der Waals surface area (Å²) in [4.78, 5) is 23.7. The van der Waals surface area contributed by atoms with Gasteiger partial charge in [0.2, 0.25) is 12.3 Å². The Morgan fingerprint density at radius 2 is 1.83 bits per heavy atom. The number of aliphatic hydroxyl groups excluding tert-OH is 1. The highest BCUT2D eigenvalue weighted by atomic mass is 32.2. The number of aliphatic hydroxyl groups is 1. The standard InChI is InChI=1S/C23H35NO5S/c1-2-19(26)12-8-3-4-9-13-22(27)24-23-28-20(17-30-15-14-25)16-21(29-23)18-10-6-5-7-11-18/h5-7,10-11,20-21,23,25H,2-4,8-9,12-17H2,1H3,(H,24,27). The molecule has 0 aliphatic carbocycles. The lowest BCUT2D eigenvalue weighted by Gasteiger charge is -2.36. The van der Waals surface area contributed by atoms with Crippen LogP contribution in [0.1, 0.15) is 70.0 Å². The molecule has 3 atom stereocenters. The Kier molecular flexibility index (Phi) is 12.1. The smallest absolute Gasteiger partial charge is 0.240 e. The Bertz CT molecular complexity index is 627. The lowest BCUT2D eigenvalue weighted by atomic mass is 10.0. The van der Waals surface area contributed by atoms with E-state index in [9.17, 15) is 9.59 Å². The number of Topliss-reactive ketones (excluding diaryl/α,β-unsaturated/α-hetero) is 1. The van der Waals surface area contributed by atoms with Gasteiger partial charge in [0.25, 0.3) is 0 Å². The van der Waals surface area contributed by atoms with E-state index >= 15 is 0 Å². The highest BCUT2D eigenvalue weighted by Crippen LogP contribution is 2.31. The quantitative estimate of drug-likeness (QED) is 0.428. The first-order chi connectivity index (χ1) is 14.6. The third kappa shape index (κ3) is 9.60. The van der Waals surface area contributed by atoms with Crippen LogP contribution in [0.5, 0.6) is 0 Å². The van der Waals surface area contributed by atoms with Crippen LogP contribution in [0.2, 0.25) is 0 Å². The van der Waals surface area contributed by atoms with E-state index in [-0.39, 0.29) is 24.7 Å². The normalized spacial score (nSPS) is 21.3. The topological polar surface area (TPSA) is 84.9 Å². The minimum Gasteiger partial charge on any atom is -0.396 e. The predicted octanol–water partition coefficient (Wildman–Crippen LogP) is 3.98. The van der Waals surface area contributed by atoms with Crippen molar-refractivity contribution in [2.45, 2.75) is 76.9 Å². The van der Waals surface area contributed by atoms with Gasteiger partial charge in [-0.25, -0.2) is 0 Å². The van der Waals surface area contributed by atoms with E-state index in [1.807, 2.05) is 37.3 Å². The number of benzene rings is 1. The second kappa shape index (κ2) is 14.6. The van der Waals surface area contributed by atoms with Gasteiger partial charge in [0.05, 0.1) is 18.8 Å². The number of ketones is 1. The maximum atomic E-state index is 12.3. The first-order valence-electron chi connectivity index (χ1n) is 11.0. The van der Waals surface area contributed by atoms with Crippen molar-refractivity contribution in [3.05, 3.63) is 35.9 Å². The minimum atomic E-state index is -0.765. The average Bonchev–Trinajstić information content (AvgIpc) is 2.76. The van der Waals surface area contributed by atoms with E-state index in [0.29, 0.717) is 37.2 Å². The monoisotopic (exact) mass is 437 g/mol. The molecule has 7 heteroatoms. The summed E-state index contributed by atoms with van der Waals surface area (Å²) in [5.41, 5.74) is 1.07. The van der Waals surface area contributed by atoms with Gasteiger partial charge in [-0.3, -0.25) is 9.59 Å². The minimum absolute atomic E-state index is 0.0538. The molecule has 0 radical (unpaired) electrons. The van der Waals surface area contributed by atoms with E-state index in [1.54, 1.807) is 11.8 Å². The van der Waals surface area contributed by atoms with Crippen LogP contribution in [0.25, 0.3) is 0 Å². The van der Waals surface area contributed by atoms with Gasteiger partial charge in [-0.1, -0.05) is 50.1 Å². The van der Waals surface area contributed by atoms with Crippen molar-refractivity contribution in [2.75, 3.05) is 18.1 Å². The lowest BCUT2D eigenvalue weighted by molar-refractivity contribution is -0.251. The van der Waals surface area contributed by atoms with Crippen molar-refractivity contribution in [3.8, 4) is 0 Å². The zero-order valence-electron chi connectivity index (χ0n) is 17.9. The second-order valence-corrected chi connectivity index (χ2v) is 8.68. The van der Waals surface area contributed by atoms with Crippen LogP contribution >= 0.6 is 11.8 Å². The Balaban J connectivity index is 1.77. The molecule has 1 heterocycles. The first-order valence-corrected chi connectivity index (χ1v) is 12.1. The summed E-state index contributed by atoms with van der Waals surface area (Å²) >= 11 is 1.64. The fraction of sp³-hybridized carbons (Fsp3) is 0.652. The molecule has 6 nitrogen and oxygen atoms in total. The van der Waals surface area contributed by atoms with Gasteiger partial charge in [0.15, 0.2) is 0 Å². The number of nitrogens with one attached hydrogen (secondary N) is 1. The van der Waals surface area contributed by atoms with Crippen LogP contribution in [-0.4, -0.2) is 47.4 Å². The van der Waals surface area contributed by atoms with Crippen LogP contribution in [-0.2, 0) is 19.1 Å². The van der Waals surface area contributed by atoms with Gasteiger partial charge in [-0.15, -0.1) is 0 Å². The Morgan fingerprint density at radius 3 is 2.53 bits per heavy atom. The summed E-state index contributed by atoms with van der Waals surface area (Å²) in [7, 11) is 0. The molecule has 168 valence electrons. The second-order valence-electron chi connectivity index (χ2n) is 7.53. The molecular weight excluding hydrogens is 402 g/mol. The van der Waals surface area contributed by atoms with Crippen molar-refractivity contribution in [1.29, 1.82) is 0 Å². The van der Waals surface area contributed by atoms with Crippen LogP contribution < -0.4 is 5.32 Å². The molecule has 0 saturated carbocycles. The number of ether oxygens (including phenoxy) is 2. The predicted molar refractivity (Wildman–Crippen MR) is 119 cm³/mol. The molecule has 3 unspecified atom stereocenters. The largest absolute Gasteiger partial charge is 0.396 e. The molecule has 2 rings (SSSR count). The summed E-state index contributed by atoms with van der Waals surface area (Å²) in [5.74, 6) is 1.63. The number of thioether (sulfide) groups is 1. The van der Waals surface area contributed by atoms with Crippen molar-refractivity contribution in [3.63, 3.8) is 0 Å². The Labute approximate surface area is 184 Å². The first kappa shape index (κ1) is 24.9. The number of carbonyl (C=O) groups excluding carboxylic acids is 2. The van der Waals surface area contributed by atoms with Gasteiger partial charge in [-0.2, -0.15) is 11.8 Å². The number of hydrogen-bond acceptors (Lipinski definition) is 6. The van der Waals surface area contributed by atoms with Crippen molar-refractivity contribution in [1.82, 2.24) is 5.32 Å². The van der Waals surface area contributed by atoms with E-state index in [1.165, 1.54) is 0 Å². The van der Waals surface area contributed by atoms with Gasteiger partial charge in [0, 0.05) is 37.2 Å². The fourth-order valence-corrected chi connectivity index (χ4v) is 4.16. The van der Waals surface area contributed by atoms with Gasteiger partial charge < -0.3 is 19.9 Å². The van der Waals surface area contributed by atoms with Crippen molar-refractivity contribution >= 4 is 23.5 Å².